The molecule has 2 aliphatic rings. The number of guanidine groups is 1. The normalized spacial score (nSPS) is 29.1. The highest BCUT2D eigenvalue weighted by molar-refractivity contribution is 5.81. The van der Waals surface area contributed by atoms with Gasteiger partial charge in [0.15, 0.2) is 5.03 Å². The molecule has 1 atom stereocenters. The van der Waals surface area contributed by atoms with Gasteiger partial charge in [0.1, 0.15) is 5.10 Å². The molecule has 0 aromatic carbocycles. The molecular weight excluding hydrogens is 176 g/mol. The van der Waals surface area contributed by atoms with Crippen LogP contribution in [0.1, 0.15) is 0 Å². The standard InChI is InChI=1S/C6H10N4O3/c11-10(12)8-6-7-1-2-9(6)3-5-4-13-5/h5H,1-4H2,(H,7,8)/t5-/m1/s1. The Morgan fingerprint density at radius 2 is 2.62 bits per heavy atom. The first kappa shape index (κ1) is 8.24. The summed E-state index contributed by atoms with van der Waals surface area (Å²) in [5.74, 6) is 0.348. The van der Waals surface area contributed by atoms with Crippen molar-refractivity contribution in [2.45, 2.75) is 6.10 Å². The average molecular weight is 186 g/mol. The maximum atomic E-state index is 10.1. The molecule has 2 rings (SSSR count). The number of nitrogens with one attached hydrogen (secondary N) is 1. The van der Waals surface area contributed by atoms with E-state index in [1.807, 2.05) is 4.90 Å². The molecule has 2 saturated heterocycles. The molecule has 0 aliphatic carbocycles. The number of nitrogens with zero attached hydrogens (tertiary/aromatic N) is 3. The molecule has 72 valence electrons. The summed E-state index contributed by atoms with van der Waals surface area (Å²) < 4.78 is 5.03. The largest absolute Gasteiger partial charge is 0.371 e. The van der Waals surface area contributed by atoms with E-state index >= 15 is 0 Å². The van der Waals surface area contributed by atoms with Crippen molar-refractivity contribution in [1.82, 2.24) is 10.2 Å². The zero-order valence-electron chi connectivity index (χ0n) is 6.97. The van der Waals surface area contributed by atoms with Gasteiger partial charge in [0, 0.05) is 19.6 Å². The maximum absolute atomic E-state index is 10.1. The van der Waals surface area contributed by atoms with Crippen LogP contribution in [0.25, 0.3) is 0 Å². The second-order valence-electron chi connectivity index (χ2n) is 2.99. The Morgan fingerprint density at radius 3 is 3.23 bits per heavy atom. The Morgan fingerprint density at radius 1 is 1.85 bits per heavy atom. The fourth-order valence-corrected chi connectivity index (χ4v) is 1.29. The van der Waals surface area contributed by atoms with E-state index in [1.54, 1.807) is 0 Å². The van der Waals surface area contributed by atoms with Crippen LogP contribution >= 0.6 is 0 Å². The van der Waals surface area contributed by atoms with Gasteiger partial charge in [0.05, 0.1) is 12.7 Å². The van der Waals surface area contributed by atoms with Gasteiger partial charge in [-0.15, -0.1) is 0 Å². The Kier molecular flexibility index (Phi) is 2.01. The van der Waals surface area contributed by atoms with Gasteiger partial charge in [-0.1, -0.05) is 0 Å². The molecule has 0 bridgehead atoms. The minimum atomic E-state index is -0.686. The molecule has 1 N–H and O–H groups in total. The topological polar surface area (TPSA) is 83.3 Å². The van der Waals surface area contributed by atoms with E-state index in [1.165, 1.54) is 0 Å². The lowest BCUT2D eigenvalue weighted by molar-refractivity contribution is -0.485. The monoisotopic (exact) mass is 186 g/mol. The van der Waals surface area contributed by atoms with Crippen LogP contribution in [0.5, 0.6) is 0 Å². The van der Waals surface area contributed by atoms with E-state index in [2.05, 4.69) is 10.4 Å². The number of nitro groups is 1. The summed E-state index contributed by atoms with van der Waals surface area (Å²) in [6, 6.07) is 0. The predicted molar refractivity (Wildman–Crippen MR) is 43.7 cm³/mol. The van der Waals surface area contributed by atoms with Crippen molar-refractivity contribution < 1.29 is 9.77 Å². The fraction of sp³-hybridized carbons (Fsp3) is 0.833. The van der Waals surface area contributed by atoms with E-state index < -0.39 is 5.03 Å². The summed E-state index contributed by atoms with van der Waals surface area (Å²) in [5, 5.41) is 15.5. The minimum Gasteiger partial charge on any atom is -0.371 e. The van der Waals surface area contributed by atoms with Crippen LogP contribution in [0.15, 0.2) is 5.10 Å². The Labute approximate surface area is 74.5 Å². The van der Waals surface area contributed by atoms with E-state index in [9.17, 15) is 10.1 Å². The van der Waals surface area contributed by atoms with E-state index in [4.69, 9.17) is 4.74 Å². The minimum absolute atomic E-state index is 0.233. The van der Waals surface area contributed by atoms with Crippen LogP contribution in [-0.4, -0.2) is 48.2 Å². The molecule has 7 nitrogen and oxygen atoms in total. The van der Waals surface area contributed by atoms with Crippen molar-refractivity contribution in [1.29, 1.82) is 0 Å². The maximum Gasteiger partial charge on any atom is 0.271 e. The van der Waals surface area contributed by atoms with Gasteiger partial charge in [-0.25, -0.2) is 10.1 Å². The van der Waals surface area contributed by atoms with Crippen LogP contribution in [0, 0.1) is 10.1 Å². The highest BCUT2D eigenvalue weighted by Crippen LogP contribution is 2.12. The SMILES string of the molecule is O=[N+]([O-])N=C1NCCN1C[C@@H]1CO1. The van der Waals surface area contributed by atoms with Crippen LogP contribution in [0.2, 0.25) is 0 Å². The van der Waals surface area contributed by atoms with Gasteiger partial charge in [-0.05, 0) is 0 Å². The summed E-state index contributed by atoms with van der Waals surface area (Å²) in [6.07, 6.45) is 0.233. The van der Waals surface area contributed by atoms with E-state index in [-0.39, 0.29) is 6.10 Å². The Balaban J connectivity index is 1.95. The Hall–Kier alpha value is -1.37. The van der Waals surface area contributed by atoms with Crippen molar-refractivity contribution in [2.75, 3.05) is 26.2 Å². The number of hydrazone groups is 1. The molecule has 0 saturated carbocycles. The first-order valence-corrected chi connectivity index (χ1v) is 4.09. The summed E-state index contributed by atoms with van der Waals surface area (Å²) >= 11 is 0. The predicted octanol–water partition coefficient (Wildman–Crippen LogP) is -1.16. The molecule has 2 aliphatic heterocycles. The summed E-state index contributed by atoms with van der Waals surface area (Å²) in [5.41, 5.74) is 0. The molecule has 0 unspecified atom stereocenters. The molecule has 0 radical (unpaired) electrons. The van der Waals surface area contributed by atoms with E-state index in [0.717, 1.165) is 13.2 Å². The zero-order valence-corrected chi connectivity index (χ0v) is 6.97. The summed E-state index contributed by atoms with van der Waals surface area (Å²) in [7, 11) is 0. The highest BCUT2D eigenvalue weighted by atomic mass is 16.7. The lowest BCUT2D eigenvalue weighted by Gasteiger charge is -2.12. The van der Waals surface area contributed by atoms with Crippen LogP contribution in [0.3, 0.4) is 0 Å². The van der Waals surface area contributed by atoms with Crippen molar-refractivity contribution in [3.8, 4) is 0 Å². The highest BCUT2D eigenvalue weighted by Gasteiger charge is 2.30. The second kappa shape index (κ2) is 3.17. The molecular formula is C6H10N4O3. The molecule has 2 fully saturated rings. The quantitative estimate of drug-likeness (QED) is 0.341. The first-order chi connectivity index (χ1) is 6.25. The molecule has 0 aromatic heterocycles. The third-order valence-electron chi connectivity index (χ3n) is 1.97. The van der Waals surface area contributed by atoms with E-state index in [0.29, 0.717) is 19.0 Å². The Bertz CT molecular complexity index is 250. The number of rotatable bonds is 3. The lowest BCUT2D eigenvalue weighted by atomic mass is 10.4. The molecule has 0 aromatic rings. The smallest absolute Gasteiger partial charge is 0.271 e. The van der Waals surface area contributed by atoms with Crippen molar-refractivity contribution in [3.63, 3.8) is 0 Å². The molecule has 7 heteroatoms. The third-order valence-corrected chi connectivity index (χ3v) is 1.97. The van der Waals surface area contributed by atoms with Gasteiger partial charge in [0.2, 0.25) is 0 Å². The number of hydrogen-bond donors (Lipinski definition) is 1. The molecule has 13 heavy (non-hydrogen) atoms. The molecule has 2 heterocycles. The van der Waals surface area contributed by atoms with Gasteiger partial charge < -0.3 is 15.0 Å². The van der Waals surface area contributed by atoms with Crippen molar-refractivity contribution in [2.24, 2.45) is 5.10 Å². The van der Waals surface area contributed by atoms with Crippen molar-refractivity contribution in [3.05, 3.63) is 10.1 Å². The molecule has 0 spiro atoms. The van der Waals surface area contributed by atoms with Gasteiger partial charge in [0.25, 0.3) is 5.96 Å². The number of epoxide rings is 1. The van der Waals surface area contributed by atoms with Gasteiger partial charge >= 0.3 is 0 Å². The van der Waals surface area contributed by atoms with Crippen molar-refractivity contribution >= 4 is 5.96 Å². The fourth-order valence-electron chi connectivity index (χ4n) is 1.29. The van der Waals surface area contributed by atoms with Crippen LogP contribution in [-0.2, 0) is 4.74 Å². The van der Waals surface area contributed by atoms with Crippen LogP contribution in [0.4, 0.5) is 0 Å². The van der Waals surface area contributed by atoms with Crippen LogP contribution < -0.4 is 5.32 Å². The summed E-state index contributed by atoms with van der Waals surface area (Å²) in [4.78, 5) is 12.0. The lowest BCUT2D eigenvalue weighted by Crippen LogP contribution is -2.33. The zero-order chi connectivity index (χ0) is 9.26. The van der Waals surface area contributed by atoms with Gasteiger partial charge in [-0.3, -0.25) is 0 Å². The van der Waals surface area contributed by atoms with Gasteiger partial charge in [-0.2, -0.15) is 0 Å². The number of ether oxygens (including phenoxy) is 1. The average Bonchev–Trinajstić information content (AvgIpc) is 2.75. The second-order valence-corrected chi connectivity index (χ2v) is 2.99. The third kappa shape index (κ3) is 2.05. The number of hydrogen-bond acceptors (Lipinski definition) is 3. The molecule has 0 amide bonds. The summed E-state index contributed by atoms with van der Waals surface area (Å²) in [6.45, 7) is 2.91. The first-order valence-electron chi connectivity index (χ1n) is 4.09.